The predicted molar refractivity (Wildman–Crippen MR) is 119 cm³/mol. The van der Waals surface area contributed by atoms with E-state index < -0.39 is 5.97 Å². The van der Waals surface area contributed by atoms with E-state index >= 15 is 0 Å². The molecular formula is C18H16ClN3O5S3. The van der Waals surface area contributed by atoms with Gasteiger partial charge in [-0.25, -0.2) is 4.98 Å². The van der Waals surface area contributed by atoms with Gasteiger partial charge in [0.05, 0.1) is 25.2 Å². The molecule has 1 aromatic carbocycles. The number of benzene rings is 1. The number of ketones is 1. The van der Waals surface area contributed by atoms with Crippen LogP contribution in [0.25, 0.3) is 16.0 Å². The average Bonchev–Trinajstić information content (AvgIpc) is 3.03. The summed E-state index contributed by atoms with van der Waals surface area (Å²) in [5.41, 5.74) is 0.500. The summed E-state index contributed by atoms with van der Waals surface area (Å²) in [6.45, 7) is 1.87. The fourth-order valence-electron chi connectivity index (χ4n) is 2.58. The molecule has 8 nitrogen and oxygen atoms in total. The molecule has 2 heterocycles. The normalized spacial score (nSPS) is 10.9. The van der Waals surface area contributed by atoms with Crippen molar-refractivity contribution in [1.29, 1.82) is 0 Å². The molecule has 0 bridgehead atoms. The number of fused-ring (bicyclic) bond motifs is 1. The first kappa shape index (κ1) is 22.5. The third-order valence-corrected chi connectivity index (χ3v) is 6.35. The first-order valence-corrected chi connectivity index (χ1v) is 11.2. The minimum atomic E-state index is -0.584. The Morgan fingerprint density at radius 1 is 1.40 bits per heavy atom. The minimum Gasteiger partial charge on any atom is -0.495 e. The highest BCUT2D eigenvalue weighted by molar-refractivity contribution is 7.99. The minimum absolute atomic E-state index is 0.0430. The summed E-state index contributed by atoms with van der Waals surface area (Å²) in [6, 6.07) is 5.04. The number of aromatic amines is 1. The van der Waals surface area contributed by atoms with Crippen LogP contribution in [-0.2, 0) is 14.3 Å². The first-order chi connectivity index (χ1) is 14.3. The Hall–Kier alpha value is -2.21. The number of aromatic nitrogens is 3. The number of hydrogen-bond acceptors (Lipinski definition) is 9. The Balaban J connectivity index is 1.97. The molecule has 0 aliphatic rings. The summed E-state index contributed by atoms with van der Waals surface area (Å²) in [7, 11) is 1.52. The van der Waals surface area contributed by atoms with Crippen molar-refractivity contribution in [2.45, 2.75) is 18.5 Å². The van der Waals surface area contributed by atoms with E-state index in [2.05, 4.69) is 9.97 Å². The number of nitrogens with one attached hydrogen (secondary N) is 1. The molecule has 12 heteroatoms. The molecule has 0 radical (unpaired) electrons. The van der Waals surface area contributed by atoms with Crippen molar-refractivity contribution >= 4 is 69.0 Å². The second kappa shape index (κ2) is 9.73. The van der Waals surface area contributed by atoms with E-state index in [1.807, 2.05) is 0 Å². The van der Waals surface area contributed by atoms with Gasteiger partial charge in [-0.15, -0.1) is 0 Å². The van der Waals surface area contributed by atoms with Gasteiger partial charge in [0, 0.05) is 5.02 Å². The third-order valence-electron chi connectivity index (χ3n) is 3.82. The van der Waals surface area contributed by atoms with Crippen LogP contribution in [0, 0.1) is 3.95 Å². The van der Waals surface area contributed by atoms with E-state index in [-0.39, 0.29) is 35.3 Å². The topological polar surface area (TPSA) is 103 Å². The van der Waals surface area contributed by atoms with Gasteiger partial charge in [-0.05, 0) is 37.3 Å². The molecule has 0 amide bonds. The fraction of sp³-hybridized carbons (Fsp3) is 0.278. The van der Waals surface area contributed by atoms with Crippen LogP contribution in [0.4, 0.5) is 0 Å². The lowest BCUT2D eigenvalue weighted by Crippen LogP contribution is -2.14. The standard InChI is InChI=1S/C18H16ClN3O5S3/c1-3-27-13(24)7-10(23)8-29-17-20-15-14(16(25)21-17)30-18(28)22(15)11-6-9(19)4-5-12(11)26-2/h4-6H,3,7-8H2,1-2H3,(H,20,21,25). The van der Waals surface area contributed by atoms with Crippen LogP contribution >= 0.6 is 46.9 Å². The van der Waals surface area contributed by atoms with Gasteiger partial charge < -0.3 is 14.5 Å². The number of methoxy groups -OCH3 is 1. The van der Waals surface area contributed by atoms with E-state index in [0.717, 1.165) is 23.1 Å². The maximum absolute atomic E-state index is 12.6. The third kappa shape index (κ3) is 4.91. The number of carbonyl (C=O) groups excluding carboxylic acids is 2. The zero-order valence-corrected chi connectivity index (χ0v) is 19.1. The number of hydrogen-bond donors (Lipinski definition) is 1. The van der Waals surface area contributed by atoms with Crippen LogP contribution in [0.2, 0.25) is 5.02 Å². The lowest BCUT2D eigenvalue weighted by Gasteiger charge is -2.11. The van der Waals surface area contributed by atoms with Gasteiger partial charge in [0.2, 0.25) is 0 Å². The molecule has 0 atom stereocenters. The van der Waals surface area contributed by atoms with Crippen LogP contribution in [0.5, 0.6) is 5.75 Å². The van der Waals surface area contributed by atoms with E-state index in [0.29, 0.717) is 30.8 Å². The molecular weight excluding hydrogens is 470 g/mol. The van der Waals surface area contributed by atoms with Gasteiger partial charge in [-0.1, -0.05) is 34.7 Å². The number of ether oxygens (including phenoxy) is 2. The van der Waals surface area contributed by atoms with Crippen molar-refractivity contribution in [3.63, 3.8) is 0 Å². The highest BCUT2D eigenvalue weighted by Gasteiger charge is 2.18. The molecule has 0 saturated heterocycles. The number of esters is 1. The molecule has 0 spiro atoms. The lowest BCUT2D eigenvalue weighted by molar-refractivity contribution is -0.145. The van der Waals surface area contributed by atoms with Crippen molar-refractivity contribution in [2.75, 3.05) is 19.5 Å². The number of H-pyrrole nitrogens is 1. The summed E-state index contributed by atoms with van der Waals surface area (Å²) in [5.74, 6) is -0.450. The molecule has 3 aromatic rings. The second-order valence-corrected chi connectivity index (χ2v) is 8.90. The largest absolute Gasteiger partial charge is 0.495 e. The van der Waals surface area contributed by atoms with E-state index in [4.69, 9.17) is 33.3 Å². The van der Waals surface area contributed by atoms with Crippen molar-refractivity contribution < 1.29 is 19.1 Å². The Bertz CT molecular complexity index is 1230. The number of carbonyl (C=O) groups is 2. The van der Waals surface area contributed by atoms with E-state index in [1.54, 1.807) is 29.7 Å². The summed E-state index contributed by atoms with van der Waals surface area (Å²) in [5, 5.41) is 0.698. The number of rotatable bonds is 8. The smallest absolute Gasteiger partial charge is 0.313 e. The zero-order chi connectivity index (χ0) is 21.8. The van der Waals surface area contributed by atoms with Gasteiger partial charge in [0.25, 0.3) is 5.56 Å². The second-order valence-electron chi connectivity index (χ2n) is 5.85. The van der Waals surface area contributed by atoms with Crippen LogP contribution in [-0.4, -0.2) is 45.8 Å². The molecule has 0 fully saturated rings. The molecule has 0 saturated carbocycles. The molecule has 1 N–H and O–H groups in total. The highest BCUT2D eigenvalue weighted by Crippen LogP contribution is 2.31. The van der Waals surface area contributed by atoms with Crippen LogP contribution in [0.3, 0.4) is 0 Å². The summed E-state index contributed by atoms with van der Waals surface area (Å²) in [4.78, 5) is 43.1. The average molecular weight is 486 g/mol. The predicted octanol–water partition coefficient (Wildman–Crippen LogP) is 3.78. The maximum atomic E-state index is 12.6. The van der Waals surface area contributed by atoms with Crippen LogP contribution in [0.15, 0.2) is 28.2 Å². The first-order valence-electron chi connectivity index (χ1n) is 8.64. The zero-order valence-electron chi connectivity index (χ0n) is 15.9. The molecule has 2 aromatic heterocycles. The Kier molecular flexibility index (Phi) is 7.29. The van der Waals surface area contributed by atoms with Crippen molar-refractivity contribution in [1.82, 2.24) is 14.5 Å². The van der Waals surface area contributed by atoms with Gasteiger partial charge in [-0.3, -0.25) is 19.0 Å². The molecule has 0 aliphatic heterocycles. The number of nitrogens with zero attached hydrogens (tertiary/aromatic N) is 2. The molecule has 3 rings (SSSR count). The van der Waals surface area contributed by atoms with E-state index in [9.17, 15) is 14.4 Å². The summed E-state index contributed by atoms with van der Waals surface area (Å²) >= 11 is 13.7. The quantitative estimate of drug-likeness (QED) is 0.169. The van der Waals surface area contributed by atoms with Crippen LogP contribution in [0.1, 0.15) is 13.3 Å². The fourth-order valence-corrected chi connectivity index (χ4v) is 4.72. The van der Waals surface area contributed by atoms with Crippen molar-refractivity contribution in [3.8, 4) is 11.4 Å². The number of thiazole rings is 1. The Morgan fingerprint density at radius 3 is 2.87 bits per heavy atom. The van der Waals surface area contributed by atoms with Gasteiger partial charge in [-0.2, -0.15) is 0 Å². The molecule has 0 unspecified atom stereocenters. The van der Waals surface area contributed by atoms with Crippen molar-refractivity contribution in [2.24, 2.45) is 0 Å². The summed E-state index contributed by atoms with van der Waals surface area (Å²) < 4.78 is 12.5. The molecule has 0 aliphatic carbocycles. The van der Waals surface area contributed by atoms with Crippen LogP contribution < -0.4 is 10.3 Å². The number of Topliss-reactive ketones (excluding diaryl/α,β-unsaturated/α-hetero) is 1. The highest BCUT2D eigenvalue weighted by atomic mass is 35.5. The Morgan fingerprint density at radius 2 is 2.17 bits per heavy atom. The number of thioether (sulfide) groups is 1. The molecule has 30 heavy (non-hydrogen) atoms. The number of halogens is 1. The Labute approximate surface area is 189 Å². The van der Waals surface area contributed by atoms with E-state index in [1.165, 1.54) is 7.11 Å². The SMILES string of the molecule is CCOC(=O)CC(=O)CSc1nc2c(sc(=S)n2-c2cc(Cl)ccc2OC)c(=O)[nH]1. The van der Waals surface area contributed by atoms with Gasteiger partial charge in [0.1, 0.15) is 16.9 Å². The maximum Gasteiger partial charge on any atom is 0.313 e. The molecule has 158 valence electrons. The van der Waals surface area contributed by atoms with Gasteiger partial charge in [0.15, 0.2) is 20.5 Å². The van der Waals surface area contributed by atoms with Crippen molar-refractivity contribution in [3.05, 3.63) is 37.5 Å². The summed E-state index contributed by atoms with van der Waals surface area (Å²) in [6.07, 6.45) is -0.332. The van der Waals surface area contributed by atoms with Gasteiger partial charge >= 0.3 is 5.97 Å². The monoisotopic (exact) mass is 485 g/mol. The lowest BCUT2D eigenvalue weighted by atomic mass is 10.3.